The summed E-state index contributed by atoms with van der Waals surface area (Å²) in [6.07, 6.45) is 6.14. The Morgan fingerprint density at radius 1 is 1.23 bits per heavy atom. The number of piperidine rings is 1. The summed E-state index contributed by atoms with van der Waals surface area (Å²) < 4.78 is 11.2. The van der Waals surface area contributed by atoms with Crippen LogP contribution in [0.2, 0.25) is 0 Å². The highest BCUT2D eigenvalue weighted by Gasteiger charge is 2.48. The number of ether oxygens (including phenoxy) is 2. The Balaban J connectivity index is 1.25. The molecule has 2 spiro atoms. The molecule has 22 heavy (non-hydrogen) atoms. The van der Waals surface area contributed by atoms with E-state index in [2.05, 4.69) is 5.32 Å². The van der Waals surface area contributed by atoms with Gasteiger partial charge in [0.25, 0.3) is 0 Å². The summed E-state index contributed by atoms with van der Waals surface area (Å²) in [5.74, 6) is 0.148. The minimum atomic E-state index is -0.176. The van der Waals surface area contributed by atoms with E-state index in [1.807, 2.05) is 4.90 Å². The van der Waals surface area contributed by atoms with Crippen molar-refractivity contribution in [3.63, 3.8) is 0 Å². The van der Waals surface area contributed by atoms with Gasteiger partial charge < -0.3 is 19.7 Å². The van der Waals surface area contributed by atoms with Crippen LogP contribution in [0.3, 0.4) is 0 Å². The third-order valence-corrected chi connectivity index (χ3v) is 5.94. The van der Waals surface area contributed by atoms with Gasteiger partial charge in [-0.05, 0) is 43.9 Å². The average Bonchev–Trinajstić information content (AvgIpc) is 3.19. The highest BCUT2D eigenvalue weighted by atomic mass is 16.6. The Bertz CT molecular complexity index is 471. The molecule has 0 bridgehead atoms. The first-order chi connectivity index (χ1) is 10.6. The summed E-state index contributed by atoms with van der Waals surface area (Å²) in [6.45, 7) is 3.05. The van der Waals surface area contributed by atoms with Gasteiger partial charge in [-0.2, -0.15) is 0 Å². The molecule has 4 fully saturated rings. The Kier molecular flexibility index (Phi) is 3.33. The molecule has 0 radical (unpaired) electrons. The molecule has 2 amide bonds. The number of carbonyl (C=O) groups excluding carboxylic acids is 2. The number of rotatable bonds is 1. The zero-order valence-electron chi connectivity index (χ0n) is 12.9. The van der Waals surface area contributed by atoms with E-state index >= 15 is 0 Å². The van der Waals surface area contributed by atoms with E-state index in [4.69, 9.17) is 9.47 Å². The molecule has 6 nitrogen and oxygen atoms in total. The quantitative estimate of drug-likeness (QED) is 0.744. The van der Waals surface area contributed by atoms with Gasteiger partial charge in [-0.1, -0.05) is 0 Å². The zero-order chi connectivity index (χ0) is 15.2. The van der Waals surface area contributed by atoms with E-state index in [1.54, 1.807) is 0 Å². The number of hydrogen-bond donors (Lipinski definition) is 1. The molecule has 4 rings (SSSR count). The van der Waals surface area contributed by atoms with Gasteiger partial charge in [-0.25, -0.2) is 4.79 Å². The van der Waals surface area contributed by atoms with E-state index in [-0.39, 0.29) is 29.1 Å². The van der Waals surface area contributed by atoms with Crippen molar-refractivity contribution in [1.82, 2.24) is 10.2 Å². The fourth-order valence-electron chi connectivity index (χ4n) is 4.11. The topological polar surface area (TPSA) is 71.2 Å². The first-order valence-electron chi connectivity index (χ1n) is 8.45. The summed E-state index contributed by atoms with van der Waals surface area (Å²) in [5.41, 5.74) is 0.219. The van der Waals surface area contributed by atoms with Crippen molar-refractivity contribution in [1.29, 1.82) is 0 Å². The lowest BCUT2D eigenvalue weighted by atomic mass is 9.78. The van der Waals surface area contributed by atoms with Crippen LogP contribution in [0.5, 0.6) is 0 Å². The van der Waals surface area contributed by atoms with E-state index in [0.717, 1.165) is 51.7 Å². The SMILES string of the molecule is O=C1CC2(CCN(C(=O)OC3CCC4(CC3)CO4)CC2)CN1. The first kappa shape index (κ1) is 14.3. The maximum atomic E-state index is 12.3. The molecule has 6 heteroatoms. The van der Waals surface area contributed by atoms with Crippen molar-refractivity contribution in [2.24, 2.45) is 5.41 Å². The zero-order valence-corrected chi connectivity index (χ0v) is 12.9. The van der Waals surface area contributed by atoms with Crippen molar-refractivity contribution in [3.8, 4) is 0 Å². The molecular formula is C16H24N2O4. The van der Waals surface area contributed by atoms with Crippen molar-refractivity contribution in [3.05, 3.63) is 0 Å². The largest absolute Gasteiger partial charge is 0.446 e. The van der Waals surface area contributed by atoms with Crippen LogP contribution in [-0.2, 0) is 14.3 Å². The van der Waals surface area contributed by atoms with Crippen molar-refractivity contribution in [2.75, 3.05) is 26.2 Å². The summed E-state index contributed by atoms with van der Waals surface area (Å²) >= 11 is 0. The molecule has 1 saturated carbocycles. The third kappa shape index (κ3) is 2.69. The standard InChI is InChI=1S/C16H24N2O4/c19-13-9-15(10-17-13)5-7-18(8-6-15)14(20)22-12-1-3-16(4-2-12)11-21-16/h12H,1-11H2,(H,17,19). The Hall–Kier alpha value is -1.30. The molecule has 0 unspecified atom stereocenters. The van der Waals surface area contributed by atoms with Crippen LogP contribution in [0.15, 0.2) is 0 Å². The first-order valence-corrected chi connectivity index (χ1v) is 8.45. The predicted molar refractivity (Wildman–Crippen MR) is 78.3 cm³/mol. The molecule has 1 N–H and O–H groups in total. The predicted octanol–water partition coefficient (Wildman–Crippen LogP) is 1.44. The van der Waals surface area contributed by atoms with Gasteiger partial charge in [0.2, 0.25) is 5.91 Å². The molecular weight excluding hydrogens is 284 g/mol. The number of hydrogen-bond acceptors (Lipinski definition) is 4. The molecule has 1 aliphatic carbocycles. The number of nitrogens with one attached hydrogen (secondary N) is 1. The van der Waals surface area contributed by atoms with E-state index in [9.17, 15) is 9.59 Å². The summed E-state index contributed by atoms with van der Waals surface area (Å²) in [6, 6.07) is 0. The fraction of sp³-hybridized carbons (Fsp3) is 0.875. The highest BCUT2D eigenvalue weighted by Crippen LogP contribution is 2.42. The minimum absolute atomic E-state index is 0.0490. The lowest BCUT2D eigenvalue weighted by molar-refractivity contribution is -0.119. The summed E-state index contributed by atoms with van der Waals surface area (Å²) in [7, 11) is 0. The van der Waals surface area contributed by atoms with Crippen LogP contribution >= 0.6 is 0 Å². The van der Waals surface area contributed by atoms with Crippen LogP contribution < -0.4 is 5.32 Å². The van der Waals surface area contributed by atoms with Gasteiger partial charge in [0.05, 0.1) is 12.2 Å². The smallest absolute Gasteiger partial charge is 0.410 e. The van der Waals surface area contributed by atoms with Crippen LogP contribution in [-0.4, -0.2) is 54.8 Å². The maximum absolute atomic E-state index is 12.3. The molecule has 4 aliphatic rings. The van der Waals surface area contributed by atoms with E-state index in [1.165, 1.54) is 0 Å². The molecule has 122 valence electrons. The lowest BCUT2D eigenvalue weighted by Gasteiger charge is -2.38. The van der Waals surface area contributed by atoms with Gasteiger partial charge in [0.15, 0.2) is 0 Å². The monoisotopic (exact) mass is 308 g/mol. The second-order valence-corrected chi connectivity index (χ2v) is 7.50. The van der Waals surface area contributed by atoms with E-state index < -0.39 is 0 Å². The number of nitrogens with zero attached hydrogens (tertiary/aromatic N) is 1. The van der Waals surface area contributed by atoms with Gasteiger partial charge in [0.1, 0.15) is 6.10 Å². The lowest BCUT2D eigenvalue weighted by Crippen LogP contribution is -2.45. The highest BCUT2D eigenvalue weighted by molar-refractivity contribution is 5.79. The van der Waals surface area contributed by atoms with E-state index in [0.29, 0.717) is 19.5 Å². The van der Waals surface area contributed by atoms with Gasteiger partial charge in [-0.3, -0.25) is 4.79 Å². The molecule has 0 aromatic rings. The second kappa shape index (κ2) is 5.11. The number of likely N-dealkylation sites (tertiary alicyclic amines) is 1. The average molecular weight is 308 g/mol. The third-order valence-electron chi connectivity index (χ3n) is 5.94. The van der Waals surface area contributed by atoms with Crippen molar-refractivity contribution >= 4 is 12.0 Å². The van der Waals surface area contributed by atoms with Gasteiger partial charge in [0, 0.05) is 26.1 Å². The molecule has 0 aromatic heterocycles. The maximum Gasteiger partial charge on any atom is 0.410 e. The summed E-state index contributed by atoms with van der Waals surface area (Å²) in [4.78, 5) is 25.5. The Labute approximate surface area is 130 Å². The number of amides is 2. The molecule has 3 saturated heterocycles. The molecule has 0 atom stereocenters. The normalized spacial score (nSPS) is 36.5. The second-order valence-electron chi connectivity index (χ2n) is 7.50. The molecule has 0 aromatic carbocycles. The van der Waals surface area contributed by atoms with Crippen LogP contribution in [0, 0.1) is 5.41 Å². The fourth-order valence-corrected chi connectivity index (χ4v) is 4.11. The van der Waals surface area contributed by atoms with Gasteiger partial charge >= 0.3 is 6.09 Å². The number of carbonyl (C=O) groups is 2. The molecule has 3 aliphatic heterocycles. The van der Waals surface area contributed by atoms with Crippen molar-refractivity contribution < 1.29 is 19.1 Å². The van der Waals surface area contributed by atoms with Crippen LogP contribution in [0.4, 0.5) is 4.79 Å². The Morgan fingerprint density at radius 3 is 2.45 bits per heavy atom. The summed E-state index contributed by atoms with van der Waals surface area (Å²) in [5, 5.41) is 2.92. The minimum Gasteiger partial charge on any atom is -0.446 e. The molecule has 3 heterocycles. The Morgan fingerprint density at radius 2 is 1.91 bits per heavy atom. The number of epoxide rings is 1. The van der Waals surface area contributed by atoms with Crippen LogP contribution in [0.25, 0.3) is 0 Å². The van der Waals surface area contributed by atoms with Gasteiger partial charge in [-0.15, -0.1) is 0 Å². The van der Waals surface area contributed by atoms with Crippen LogP contribution in [0.1, 0.15) is 44.9 Å². The van der Waals surface area contributed by atoms with Crippen molar-refractivity contribution in [2.45, 2.75) is 56.7 Å².